The Morgan fingerprint density at radius 2 is 2.33 bits per heavy atom. The molecule has 0 amide bonds. The van der Waals surface area contributed by atoms with Gasteiger partial charge in [-0.3, -0.25) is 10.1 Å². The molecule has 0 fully saturated rings. The third kappa shape index (κ3) is 2.55. The van der Waals surface area contributed by atoms with Crippen LogP contribution in [-0.4, -0.2) is 4.92 Å². The van der Waals surface area contributed by atoms with E-state index in [1.54, 1.807) is 13.0 Å². The van der Waals surface area contributed by atoms with Crippen LogP contribution in [0.25, 0.3) is 6.08 Å². The Bertz CT molecular complexity index is 475. The van der Waals surface area contributed by atoms with Crippen LogP contribution in [0.15, 0.2) is 23.8 Å². The lowest BCUT2D eigenvalue weighted by Gasteiger charge is -1.99. The fourth-order valence-corrected chi connectivity index (χ4v) is 1.30. The summed E-state index contributed by atoms with van der Waals surface area (Å²) in [6, 6.07) is 6.28. The van der Waals surface area contributed by atoms with Crippen molar-refractivity contribution in [3.8, 4) is 6.07 Å². The van der Waals surface area contributed by atoms with Crippen LogP contribution < -0.4 is 0 Å². The van der Waals surface area contributed by atoms with Crippen LogP contribution in [0.5, 0.6) is 0 Å². The molecular weight excluding hydrogens is 216 g/mol. The first-order valence-electron chi connectivity index (χ1n) is 4.07. The quantitative estimate of drug-likeness (QED) is 0.438. The van der Waals surface area contributed by atoms with Gasteiger partial charge in [-0.05, 0) is 19.1 Å². The number of rotatable bonds is 2. The number of nitriles is 1. The summed E-state index contributed by atoms with van der Waals surface area (Å²) >= 11 is 5.82. The predicted molar refractivity (Wildman–Crippen MR) is 57.4 cm³/mol. The average molecular weight is 223 g/mol. The summed E-state index contributed by atoms with van der Waals surface area (Å²) < 4.78 is 0. The molecule has 0 radical (unpaired) electrons. The van der Waals surface area contributed by atoms with Gasteiger partial charge in [0.1, 0.15) is 0 Å². The maximum atomic E-state index is 10.7. The van der Waals surface area contributed by atoms with Crippen LogP contribution in [0, 0.1) is 21.4 Å². The number of hydrogen-bond donors (Lipinski definition) is 0. The van der Waals surface area contributed by atoms with Crippen LogP contribution in [0.2, 0.25) is 5.02 Å². The van der Waals surface area contributed by atoms with E-state index in [9.17, 15) is 10.1 Å². The Kier molecular flexibility index (Phi) is 3.42. The van der Waals surface area contributed by atoms with E-state index < -0.39 is 4.92 Å². The van der Waals surface area contributed by atoms with Gasteiger partial charge in [0, 0.05) is 11.6 Å². The SMILES string of the molecule is CC(C#N)=Cc1c(Cl)cccc1[N+](=O)[O-]. The second-order valence-electron chi connectivity index (χ2n) is 2.87. The zero-order valence-electron chi connectivity index (χ0n) is 7.90. The van der Waals surface area contributed by atoms with Crippen LogP contribution >= 0.6 is 11.6 Å². The van der Waals surface area contributed by atoms with E-state index in [-0.39, 0.29) is 16.3 Å². The molecule has 0 N–H and O–H groups in total. The predicted octanol–water partition coefficient (Wildman–Crippen LogP) is 3.18. The molecule has 1 aromatic carbocycles. The van der Waals surface area contributed by atoms with Gasteiger partial charge in [-0.15, -0.1) is 0 Å². The molecular formula is C10H7ClN2O2. The minimum absolute atomic E-state index is 0.0999. The van der Waals surface area contributed by atoms with Crippen molar-refractivity contribution in [2.24, 2.45) is 0 Å². The van der Waals surface area contributed by atoms with Crippen LogP contribution in [0.3, 0.4) is 0 Å². The van der Waals surface area contributed by atoms with E-state index in [4.69, 9.17) is 16.9 Å². The molecule has 4 nitrogen and oxygen atoms in total. The maximum absolute atomic E-state index is 10.7. The molecule has 0 spiro atoms. The largest absolute Gasteiger partial charge is 0.278 e. The lowest BCUT2D eigenvalue weighted by Crippen LogP contribution is -1.92. The highest BCUT2D eigenvalue weighted by molar-refractivity contribution is 6.32. The lowest BCUT2D eigenvalue weighted by molar-refractivity contribution is -0.385. The molecule has 0 aromatic heterocycles. The van der Waals surface area contributed by atoms with E-state index in [1.165, 1.54) is 18.2 Å². The highest BCUT2D eigenvalue weighted by Crippen LogP contribution is 2.28. The van der Waals surface area contributed by atoms with Gasteiger partial charge in [-0.2, -0.15) is 5.26 Å². The zero-order chi connectivity index (χ0) is 11.4. The van der Waals surface area contributed by atoms with Crippen LogP contribution in [0.1, 0.15) is 12.5 Å². The maximum Gasteiger partial charge on any atom is 0.278 e. The summed E-state index contributed by atoms with van der Waals surface area (Å²) in [4.78, 5) is 10.2. The first kappa shape index (κ1) is 11.2. The molecule has 0 aliphatic rings. The number of hydrogen-bond acceptors (Lipinski definition) is 3. The minimum Gasteiger partial charge on any atom is -0.258 e. The van der Waals surface area contributed by atoms with E-state index in [2.05, 4.69) is 0 Å². The van der Waals surface area contributed by atoms with E-state index in [0.29, 0.717) is 5.57 Å². The second-order valence-corrected chi connectivity index (χ2v) is 3.28. The number of halogens is 1. The molecule has 5 heteroatoms. The summed E-state index contributed by atoms with van der Waals surface area (Å²) in [6.07, 6.45) is 1.40. The normalized spacial score (nSPS) is 10.9. The van der Waals surface area contributed by atoms with Gasteiger partial charge < -0.3 is 0 Å². The first-order chi connectivity index (χ1) is 7.06. The van der Waals surface area contributed by atoms with Crippen molar-refractivity contribution in [2.45, 2.75) is 6.92 Å². The Hall–Kier alpha value is -1.86. The molecule has 76 valence electrons. The standard InChI is InChI=1S/C10H7ClN2O2/c1-7(6-12)5-8-9(11)3-2-4-10(8)13(14)15/h2-5H,1H3. The van der Waals surface area contributed by atoms with Crippen LogP contribution in [0.4, 0.5) is 5.69 Å². The summed E-state index contributed by atoms with van der Waals surface area (Å²) in [7, 11) is 0. The van der Waals surface area contributed by atoms with Gasteiger partial charge >= 0.3 is 0 Å². The van der Waals surface area contributed by atoms with Crippen molar-refractivity contribution >= 4 is 23.4 Å². The van der Waals surface area contributed by atoms with Crippen LogP contribution in [-0.2, 0) is 0 Å². The molecule has 1 aromatic rings. The number of benzene rings is 1. The van der Waals surface area contributed by atoms with E-state index in [0.717, 1.165) is 0 Å². The van der Waals surface area contributed by atoms with Crippen molar-refractivity contribution in [1.82, 2.24) is 0 Å². The molecule has 0 atom stereocenters. The average Bonchev–Trinajstić information content (AvgIpc) is 2.20. The molecule has 15 heavy (non-hydrogen) atoms. The Balaban J connectivity index is 3.39. The Morgan fingerprint density at radius 3 is 2.87 bits per heavy atom. The van der Waals surface area contributed by atoms with E-state index in [1.807, 2.05) is 6.07 Å². The number of nitro benzene ring substituents is 1. The molecule has 0 unspecified atom stereocenters. The molecule has 1 rings (SSSR count). The van der Waals surface area contributed by atoms with Gasteiger partial charge in [0.05, 0.1) is 21.6 Å². The molecule has 0 aliphatic heterocycles. The van der Waals surface area contributed by atoms with Gasteiger partial charge in [-0.25, -0.2) is 0 Å². The van der Waals surface area contributed by atoms with Crippen molar-refractivity contribution in [3.63, 3.8) is 0 Å². The molecule has 0 bridgehead atoms. The zero-order valence-corrected chi connectivity index (χ0v) is 8.65. The summed E-state index contributed by atoms with van der Waals surface area (Å²) in [6.45, 7) is 1.56. The summed E-state index contributed by atoms with van der Waals surface area (Å²) in [5.41, 5.74) is 0.534. The fraction of sp³-hybridized carbons (Fsp3) is 0.100. The topological polar surface area (TPSA) is 66.9 Å². The first-order valence-corrected chi connectivity index (χ1v) is 4.45. The Morgan fingerprint density at radius 1 is 1.67 bits per heavy atom. The van der Waals surface area contributed by atoms with Gasteiger partial charge in [0.25, 0.3) is 5.69 Å². The number of allylic oxidation sites excluding steroid dienone is 1. The Labute approximate surface area is 91.6 Å². The lowest BCUT2D eigenvalue weighted by atomic mass is 10.1. The van der Waals surface area contributed by atoms with Crippen molar-refractivity contribution in [3.05, 3.63) is 44.5 Å². The third-order valence-electron chi connectivity index (χ3n) is 1.76. The highest BCUT2D eigenvalue weighted by atomic mass is 35.5. The van der Waals surface area contributed by atoms with Crippen molar-refractivity contribution < 1.29 is 4.92 Å². The van der Waals surface area contributed by atoms with Crippen molar-refractivity contribution in [1.29, 1.82) is 5.26 Å². The number of nitrogens with zero attached hydrogens (tertiary/aromatic N) is 2. The third-order valence-corrected chi connectivity index (χ3v) is 2.09. The van der Waals surface area contributed by atoms with Gasteiger partial charge in [0.2, 0.25) is 0 Å². The molecule has 0 saturated heterocycles. The molecule has 0 heterocycles. The van der Waals surface area contributed by atoms with Gasteiger partial charge in [0.15, 0.2) is 0 Å². The molecule has 0 saturated carbocycles. The monoisotopic (exact) mass is 222 g/mol. The van der Waals surface area contributed by atoms with Gasteiger partial charge in [-0.1, -0.05) is 17.7 Å². The molecule has 0 aliphatic carbocycles. The summed E-state index contributed by atoms with van der Waals surface area (Å²) in [5.74, 6) is 0. The smallest absolute Gasteiger partial charge is 0.258 e. The number of nitro groups is 1. The summed E-state index contributed by atoms with van der Waals surface area (Å²) in [5, 5.41) is 19.5. The second kappa shape index (κ2) is 4.58. The minimum atomic E-state index is -0.525. The van der Waals surface area contributed by atoms with E-state index >= 15 is 0 Å². The highest BCUT2D eigenvalue weighted by Gasteiger charge is 2.14. The fourth-order valence-electron chi connectivity index (χ4n) is 1.08. The van der Waals surface area contributed by atoms with Crippen molar-refractivity contribution in [2.75, 3.05) is 0 Å².